The van der Waals surface area contributed by atoms with E-state index >= 15 is 0 Å². The second-order valence-electron chi connectivity index (χ2n) is 4.48. The summed E-state index contributed by atoms with van der Waals surface area (Å²) in [6, 6.07) is 11.1. The fourth-order valence-electron chi connectivity index (χ4n) is 2.57. The molecule has 0 saturated heterocycles. The van der Waals surface area contributed by atoms with E-state index in [-0.39, 0.29) is 0 Å². The molecule has 0 spiro atoms. The normalized spacial score (nSPS) is 13.7. The van der Waals surface area contributed by atoms with E-state index in [1.165, 1.54) is 27.5 Å². The molecule has 3 rings (SSSR count). The Balaban J connectivity index is 2.43. The molecule has 17 heavy (non-hydrogen) atoms. The molecule has 0 atom stereocenters. The van der Waals surface area contributed by atoms with E-state index in [1.807, 2.05) is 0 Å². The van der Waals surface area contributed by atoms with Crippen molar-refractivity contribution in [3.63, 3.8) is 0 Å². The minimum atomic E-state index is 1.03. The van der Waals surface area contributed by atoms with Gasteiger partial charge in [-0.25, -0.2) is 0 Å². The van der Waals surface area contributed by atoms with Gasteiger partial charge in [-0.2, -0.15) is 0 Å². The predicted molar refractivity (Wildman–Crippen MR) is 76.0 cm³/mol. The van der Waals surface area contributed by atoms with E-state index in [2.05, 4.69) is 61.6 Å². The minimum Gasteiger partial charge on any atom is -0.0801 e. The van der Waals surface area contributed by atoms with Crippen molar-refractivity contribution >= 4 is 22.9 Å². The Bertz CT molecular complexity index is 615. The van der Waals surface area contributed by atoms with Crippen LogP contribution in [-0.2, 0) is 6.42 Å². The van der Waals surface area contributed by atoms with Gasteiger partial charge in [-0.3, -0.25) is 0 Å². The summed E-state index contributed by atoms with van der Waals surface area (Å²) >= 11 is 0. The minimum absolute atomic E-state index is 1.03. The lowest BCUT2D eigenvalue weighted by Crippen LogP contribution is -1.90. The molecular formula is C17H16. The second-order valence-corrected chi connectivity index (χ2v) is 4.48. The van der Waals surface area contributed by atoms with Gasteiger partial charge >= 0.3 is 0 Å². The Morgan fingerprint density at radius 1 is 1.00 bits per heavy atom. The number of rotatable bonds is 1. The van der Waals surface area contributed by atoms with Crippen LogP contribution in [0.4, 0.5) is 0 Å². The van der Waals surface area contributed by atoms with Crippen LogP contribution < -0.4 is 0 Å². The Labute approximate surface area is 102 Å². The molecule has 2 aromatic rings. The van der Waals surface area contributed by atoms with Crippen LogP contribution in [0.15, 0.2) is 42.5 Å². The van der Waals surface area contributed by atoms with Gasteiger partial charge in [0.05, 0.1) is 0 Å². The zero-order valence-electron chi connectivity index (χ0n) is 10.1. The van der Waals surface area contributed by atoms with Gasteiger partial charge in [-0.05, 0) is 40.3 Å². The highest BCUT2D eigenvalue weighted by Gasteiger charge is 2.08. The van der Waals surface area contributed by atoms with Gasteiger partial charge in [0.15, 0.2) is 0 Å². The van der Waals surface area contributed by atoms with E-state index in [9.17, 15) is 0 Å². The van der Waals surface area contributed by atoms with Crippen LogP contribution in [0.1, 0.15) is 30.0 Å². The maximum absolute atomic E-state index is 2.34. The van der Waals surface area contributed by atoms with E-state index in [0.717, 1.165) is 12.8 Å². The van der Waals surface area contributed by atoms with E-state index in [0.29, 0.717) is 0 Å². The molecule has 0 unspecified atom stereocenters. The lowest BCUT2D eigenvalue weighted by molar-refractivity contribution is 1.16. The lowest BCUT2D eigenvalue weighted by atomic mass is 9.93. The van der Waals surface area contributed by atoms with Gasteiger partial charge in [0.2, 0.25) is 0 Å². The van der Waals surface area contributed by atoms with Crippen LogP contribution >= 0.6 is 0 Å². The predicted octanol–water partition coefficient (Wildman–Crippen LogP) is 4.83. The van der Waals surface area contributed by atoms with Crippen LogP contribution in [0.25, 0.3) is 22.9 Å². The molecule has 0 amide bonds. The summed E-state index contributed by atoms with van der Waals surface area (Å²) in [6.07, 6.45) is 11.1. The summed E-state index contributed by atoms with van der Waals surface area (Å²) in [5.74, 6) is 0. The first-order valence-electron chi connectivity index (χ1n) is 6.28. The second kappa shape index (κ2) is 4.21. The van der Waals surface area contributed by atoms with Crippen molar-refractivity contribution in [3.8, 4) is 0 Å². The number of fused-ring (bicyclic) bond motifs is 3. The maximum atomic E-state index is 2.34. The smallest absolute Gasteiger partial charge is 0.0103 e. The molecule has 0 aliphatic heterocycles. The molecule has 0 heterocycles. The average Bonchev–Trinajstić information content (AvgIpc) is 2.63. The number of aryl methyl sites for hydroxylation is 1. The molecule has 2 aromatic carbocycles. The number of hydrogen-bond donors (Lipinski definition) is 0. The van der Waals surface area contributed by atoms with Crippen molar-refractivity contribution in [1.29, 1.82) is 0 Å². The summed E-state index contributed by atoms with van der Waals surface area (Å²) in [5.41, 5.74) is 4.17. The summed E-state index contributed by atoms with van der Waals surface area (Å²) in [6.45, 7) is 2.23. The van der Waals surface area contributed by atoms with Crippen molar-refractivity contribution in [2.24, 2.45) is 0 Å². The van der Waals surface area contributed by atoms with Crippen LogP contribution in [-0.4, -0.2) is 0 Å². The Kier molecular flexibility index (Phi) is 2.56. The molecule has 0 fully saturated rings. The van der Waals surface area contributed by atoms with Crippen molar-refractivity contribution in [2.45, 2.75) is 19.8 Å². The molecule has 1 aliphatic rings. The van der Waals surface area contributed by atoms with Crippen LogP contribution in [0.3, 0.4) is 0 Å². The molecule has 0 saturated carbocycles. The average molecular weight is 220 g/mol. The largest absolute Gasteiger partial charge is 0.0801 e. The number of allylic oxidation sites excluding steroid dienone is 2. The Morgan fingerprint density at radius 3 is 2.59 bits per heavy atom. The standard InChI is InChI=1S/C17H16/c1-2-13-12-14-8-4-3-5-9-16(14)17-11-7-6-10-15(13)17/h4-12H,2-3H2,1H3. The van der Waals surface area contributed by atoms with Gasteiger partial charge in [0.25, 0.3) is 0 Å². The highest BCUT2D eigenvalue weighted by molar-refractivity contribution is 5.96. The molecule has 0 radical (unpaired) electrons. The molecule has 0 nitrogen and oxygen atoms in total. The first-order valence-corrected chi connectivity index (χ1v) is 6.28. The lowest BCUT2D eigenvalue weighted by Gasteiger charge is -2.11. The first-order chi connectivity index (χ1) is 8.40. The van der Waals surface area contributed by atoms with Gasteiger partial charge in [-0.15, -0.1) is 0 Å². The van der Waals surface area contributed by atoms with Crippen molar-refractivity contribution in [3.05, 3.63) is 59.2 Å². The number of benzene rings is 2. The van der Waals surface area contributed by atoms with E-state index in [1.54, 1.807) is 0 Å². The van der Waals surface area contributed by atoms with Crippen molar-refractivity contribution < 1.29 is 0 Å². The molecule has 84 valence electrons. The molecule has 0 heteroatoms. The summed E-state index contributed by atoms with van der Waals surface area (Å²) in [7, 11) is 0. The zero-order chi connectivity index (χ0) is 11.7. The molecular weight excluding hydrogens is 204 g/mol. The van der Waals surface area contributed by atoms with Gasteiger partial charge < -0.3 is 0 Å². The first kappa shape index (κ1) is 10.3. The maximum Gasteiger partial charge on any atom is -0.0103 e. The highest BCUT2D eigenvalue weighted by Crippen LogP contribution is 2.30. The Morgan fingerprint density at radius 2 is 1.76 bits per heavy atom. The monoisotopic (exact) mass is 220 g/mol. The van der Waals surface area contributed by atoms with Gasteiger partial charge in [-0.1, -0.05) is 61.6 Å². The van der Waals surface area contributed by atoms with Crippen molar-refractivity contribution in [2.75, 3.05) is 0 Å². The third-order valence-corrected chi connectivity index (χ3v) is 3.44. The third kappa shape index (κ3) is 1.70. The zero-order valence-corrected chi connectivity index (χ0v) is 10.1. The van der Waals surface area contributed by atoms with E-state index in [4.69, 9.17) is 0 Å². The van der Waals surface area contributed by atoms with Gasteiger partial charge in [0, 0.05) is 0 Å². The van der Waals surface area contributed by atoms with E-state index < -0.39 is 0 Å². The third-order valence-electron chi connectivity index (χ3n) is 3.44. The number of hydrogen-bond acceptors (Lipinski definition) is 0. The molecule has 0 N–H and O–H groups in total. The quantitative estimate of drug-likeness (QED) is 0.645. The van der Waals surface area contributed by atoms with Crippen LogP contribution in [0.5, 0.6) is 0 Å². The summed E-state index contributed by atoms with van der Waals surface area (Å²) < 4.78 is 0. The topological polar surface area (TPSA) is 0 Å². The molecule has 0 aromatic heterocycles. The molecule has 1 aliphatic carbocycles. The summed E-state index contributed by atoms with van der Waals surface area (Å²) in [4.78, 5) is 0. The SMILES string of the molecule is CCc1cc2c(c3ccccc13)C=CCC=C2. The summed E-state index contributed by atoms with van der Waals surface area (Å²) in [5, 5.41) is 2.78. The highest BCUT2D eigenvalue weighted by atomic mass is 14.1. The van der Waals surface area contributed by atoms with Crippen LogP contribution in [0, 0.1) is 0 Å². The Hall–Kier alpha value is -1.82. The fourth-order valence-corrected chi connectivity index (χ4v) is 2.57. The van der Waals surface area contributed by atoms with Crippen molar-refractivity contribution in [1.82, 2.24) is 0 Å². The fraction of sp³-hybridized carbons (Fsp3) is 0.176. The molecule has 0 bridgehead atoms. The van der Waals surface area contributed by atoms with Crippen LogP contribution in [0.2, 0.25) is 0 Å². The van der Waals surface area contributed by atoms with Gasteiger partial charge in [0.1, 0.15) is 0 Å².